The maximum absolute atomic E-state index is 5.86. The number of benzene rings is 2. The molecule has 10 nitrogen and oxygen atoms in total. The smallest absolute Gasteiger partial charge is 0.246 e. The van der Waals surface area contributed by atoms with E-state index in [0.29, 0.717) is 36.6 Å². The second-order valence-corrected chi connectivity index (χ2v) is 6.88. The number of nitrogen functional groups attached to an aromatic ring is 1. The predicted octanol–water partition coefficient (Wildman–Crippen LogP) is 3.71. The maximum atomic E-state index is 5.86. The SMILES string of the molecule is COCCOc1cc(Oc2cccc(-c3nc(Nc4cccc(C)c4)n[nH]3)c2)nc(N)n1. The summed E-state index contributed by atoms with van der Waals surface area (Å²) in [6.07, 6.45) is 0. The van der Waals surface area contributed by atoms with Gasteiger partial charge in [0.25, 0.3) is 0 Å². The van der Waals surface area contributed by atoms with E-state index in [4.69, 9.17) is 19.9 Å². The van der Waals surface area contributed by atoms with Gasteiger partial charge in [-0.3, -0.25) is 5.10 Å². The quantitative estimate of drug-likeness (QED) is 0.338. The zero-order valence-electron chi connectivity index (χ0n) is 17.7. The Hall–Kier alpha value is -4.18. The second kappa shape index (κ2) is 9.75. The van der Waals surface area contributed by atoms with Crippen molar-refractivity contribution < 1.29 is 14.2 Å². The minimum atomic E-state index is 0.0492. The first kappa shape index (κ1) is 21.1. The Kier molecular flexibility index (Phi) is 6.42. The van der Waals surface area contributed by atoms with Gasteiger partial charge in [-0.2, -0.15) is 15.0 Å². The van der Waals surface area contributed by atoms with Crippen LogP contribution in [-0.4, -0.2) is 45.5 Å². The summed E-state index contributed by atoms with van der Waals surface area (Å²) in [5, 5.41) is 10.4. The van der Waals surface area contributed by atoms with Gasteiger partial charge in [-0.05, 0) is 36.8 Å². The van der Waals surface area contributed by atoms with E-state index in [-0.39, 0.29) is 11.8 Å². The highest BCUT2D eigenvalue weighted by Crippen LogP contribution is 2.27. The number of aromatic nitrogens is 5. The number of nitrogens with zero attached hydrogens (tertiary/aromatic N) is 4. The van der Waals surface area contributed by atoms with Crippen molar-refractivity contribution in [1.29, 1.82) is 0 Å². The van der Waals surface area contributed by atoms with Crippen molar-refractivity contribution in [3.05, 3.63) is 60.2 Å². The standard InChI is InChI=1S/C22H23N7O3/c1-14-5-3-7-16(11-14)24-22-27-20(28-29-22)15-6-4-8-17(12-15)32-19-13-18(25-21(23)26-19)31-10-9-30-2/h3-8,11-13H,9-10H2,1-2H3,(H2,23,25,26)(H2,24,27,28,29). The van der Waals surface area contributed by atoms with E-state index in [1.165, 1.54) is 0 Å². The van der Waals surface area contributed by atoms with Crippen LogP contribution in [0.4, 0.5) is 17.6 Å². The number of aromatic amines is 1. The minimum absolute atomic E-state index is 0.0492. The molecule has 0 aliphatic heterocycles. The monoisotopic (exact) mass is 433 g/mol. The molecule has 164 valence electrons. The van der Waals surface area contributed by atoms with E-state index in [1.807, 2.05) is 49.4 Å². The molecule has 4 aromatic rings. The fourth-order valence-corrected chi connectivity index (χ4v) is 2.90. The van der Waals surface area contributed by atoms with E-state index >= 15 is 0 Å². The third-order valence-corrected chi connectivity index (χ3v) is 4.32. The van der Waals surface area contributed by atoms with Gasteiger partial charge in [0.15, 0.2) is 5.82 Å². The summed E-state index contributed by atoms with van der Waals surface area (Å²) in [7, 11) is 1.59. The molecule has 0 saturated heterocycles. The predicted molar refractivity (Wildman–Crippen MR) is 120 cm³/mol. The number of nitrogens with one attached hydrogen (secondary N) is 2. The van der Waals surface area contributed by atoms with Crippen molar-refractivity contribution in [1.82, 2.24) is 25.1 Å². The number of anilines is 3. The highest BCUT2D eigenvalue weighted by Gasteiger charge is 2.10. The lowest BCUT2D eigenvalue weighted by Crippen LogP contribution is -2.07. The molecule has 0 spiro atoms. The first-order valence-electron chi connectivity index (χ1n) is 9.90. The molecule has 10 heteroatoms. The number of methoxy groups -OCH3 is 1. The van der Waals surface area contributed by atoms with Gasteiger partial charge in [-0.25, -0.2) is 0 Å². The van der Waals surface area contributed by atoms with Crippen molar-refractivity contribution in [3.8, 4) is 28.9 Å². The minimum Gasteiger partial charge on any atom is -0.475 e. The molecule has 2 aromatic heterocycles. The largest absolute Gasteiger partial charge is 0.475 e. The van der Waals surface area contributed by atoms with Gasteiger partial charge in [0, 0.05) is 18.4 Å². The van der Waals surface area contributed by atoms with E-state index < -0.39 is 0 Å². The third-order valence-electron chi connectivity index (χ3n) is 4.32. The van der Waals surface area contributed by atoms with Gasteiger partial charge in [-0.15, -0.1) is 5.10 Å². The second-order valence-electron chi connectivity index (χ2n) is 6.88. The van der Waals surface area contributed by atoms with Gasteiger partial charge in [0.2, 0.25) is 23.7 Å². The molecule has 0 radical (unpaired) electrons. The molecule has 0 saturated carbocycles. The van der Waals surface area contributed by atoms with Crippen molar-refractivity contribution in [2.45, 2.75) is 6.92 Å². The summed E-state index contributed by atoms with van der Waals surface area (Å²) in [6.45, 7) is 2.80. The number of H-pyrrole nitrogens is 1. The molecular formula is C22H23N7O3. The van der Waals surface area contributed by atoms with Crippen LogP contribution in [0.5, 0.6) is 17.5 Å². The molecule has 0 aliphatic carbocycles. The number of nitrogens with two attached hydrogens (primary N) is 1. The lowest BCUT2D eigenvalue weighted by atomic mass is 10.2. The summed E-state index contributed by atoms with van der Waals surface area (Å²) >= 11 is 0. The van der Waals surface area contributed by atoms with Gasteiger partial charge in [0.05, 0.1) is 12.7 Å². The van der Waals surface area contributed by atoms with Crippen LogP contribution in [0.2, 0.25) is 0 Å². The number of ether oxygens (including phenoxy) is 3. The van der Waals surface area contributed by atoms with Crippen molar-refractivity contribution in [2.24, 2.45) is 0 Å². The van der Waals surface area contributed by atoms with Crippen molar-refractivity contribution >= 4 is 17.6 Å². The highest BCUT2D eigenvalue weighted by atomic mass is 16.5. The van der Waals surface area contributed by atoms with Crippen LogP contribution in [0.15, 0.2) is 54.6 Å². The summed E-state index contributed by atoms with van der Waals surface area (Å²) in [5.74, 6) is 2.24. The van der Waals surface area contributed by atoms with E-state index in [2.05, 4.69) is 30.5 Å². The molecule has 0 fully saturated rings. The molecular weight excluding hydrogens is 410 g/mol. The van der Waals surface area contributed by atoms with E-state index in [9.17, 15) is 0 Å². The Morgan fingerprint density at radius 3 is 2.66 bits per heavy atom. The first-order chi connectivity index (χ1) is 15.6. The van der Waals surface area contributed by atoms with Crippen LogP contribution in [0.25, 0.3) is 11.4 Å². The zero-order valence-corrected chi connectivity index (χ0v) is 17.7. The Bertz CT molecular complexity index is 1200. The van der Waals surface area contributed by atoms with Crippen LogP contribution in [0, 0.1) is 6.92 Å². The molecule has 32 heavy (non-hydrogen) atoms. The molecule has 0 atom stereocenters. The molecule has 4 rings (SSSR count). The molecule has 2 aromatic carbocycles. The number of hydrogen-bond donors (Lipinski definition) is 3. The molecule has 0 amide bonds. The maximum Gasteiger partial charge on any atom is 0.246 e. The normalized spacial score (nSPS) is 10.7. The average molecular weight is 433 g/mol. The zero-order chi connectivity index (χ0) is 22.3. The fraction of sp³-hybridized carbons (Fsp3) is 0.182. The van der Waals surface area contributed by atoms with Crippen molar-refractivity contribution in [2.75, 3.05) is 31.4 Å². The summed E-state index contributed by atoms with van der Waals surface area (Å²) < 4.78 is 16.3. The van der Waals surface area contributed by atoms with Crippen LogP contribution in [0.3, 0.4) is 0 Å². The van der Waals surface area contributed by atoms with E-state index in [0.717, 1.165) is 16.8 Å². The molecule has 4 N–H and O–H groups in total. The molecule has 0 unspecified atom stereocenters. The number of hydrogen-bond acceptors (Lipinski definition) is 9. The highest BCUT2D eigenvalue weighted by molar-refractivity contribution is 5.61. The Morgan fingerprint density at radius 2 is 1.81 bits per heavy atom. The van der Waals surface area contributed by atoms with Gasteiger partial charge < -0.3 is 25.3 Å². The van der Waals surface area contributed by atoms with Crippen LogP contribution < -0.4 is 20.5 Å². The Labute approximate surface area is 184 Å². The summed E-state index contributed by atoms with van der Waals surface area (Å²) in [5.41, 5.74) is 8.63. The Balaban J connectivity index is 1.48. The number of aryl methyl sites for hydroxylation is 1. The van der Waals surface area contributed by atoms with Crippen LogP contribution in [0.1, 0.15) is 5.56 Å². The lowest BCUT2D eigenvalue weighted by molar-refractivity contribution is 0.143. The van der Waals surface area contributed by atoms with Gasteiger partial charge >= 0.3 is 0 Å². The topological polar surface area (TPSA) is 133 Å². The first-order valence-corrected chi connectivity index (χ1v) is 9.90. The fourth-order valence-electron chi connectivity index (χ4n) is 2.90. The lowest BCUT2D eigenvalue weighted by Gasteiger charge is -2.09. The van der Waals surface area contributed by atoms with E-state index in [1.54, 1.807) is 19.2 Å². The molecule has 0 aliphatic rings. The van der Waals surface area contributed by atoms with Crippen LogP contribution in [-0.2, 0) is 4.74 Å². The van der Waals surface area contributed by atoms with Crippen molar-refractivity contribution in [3.63, 3.8) is 0 Å². The molecule has 2 heterocycles. The number of rotatable bonds is 9. The van der Waals surface area contributed by atoms with Gasteiger partial charge in [0.1, 0.15) is 12.4 Å². The third kappa shape index (κ3) is 5.49. The average Bonchev–Trinajstić information content (AvgIpc) is 3.22. The summed E-state index contributed by atoms with van der Waals surface area (Å²) in [4.78, 5) is 12.7. The van der Waals surface area contributed by atoms with Crippen LogP contribution >= 0.6 is 0 Å². The molecule has 0 bridgehead atoms. The Morgan fingerprint density at radius 1 is 0.969 bits per heavy atom. The summed E-state index contributed by atoms with van der Waals surface area (Å²) in [6, 6.07) is 16.9. The van der Waals surface area contributed by atoms with Gasteiger partial charge in [-0.1, -0.05) is 24.3 Å².